The largest absolute Gasteiger partial charge is 0.497 e. The van der Waals surface area contributed by atoms with E-state index < -0.39 is 6.10 Å². The highest BCUT2D eigenvalue weighted by atomic mass is 16.5. The smallest absolute Gasteiger partial charge is 0.260 e. The molecule has 1 heterocycles. The molecule has 0 radical (unpaired) electrons. The third-order valence-corrected chi connectivity index (χ3v) is 3.87. The second-order valence-corrected chi connectivity index (χ2v) is 5.63. The molecule has 0 saturated carbocycles. The van der Waals surface area contributed by atoms with Crippen molar-refractivity contribution in [2.45, 2.75) is 32.3 Å². The molecular formula is C17H26N2O3. The molecule has 5 heteroatoms. The lowest BCUT2D eigenvalue weighted by atomic mass is 10.3. The number of nitrogens with zero attached hydrogens (tertiary/aromatic N) is 1. The van der Waals surface area contributed by atoms with E-state index >= 15 is 0 Å². The number of carbonyl (C=O) groups excluding carboxylic acids is 1. The molecule has 0 bridgehead atoms. The van der Waals surface area contributed by atoms with Crippen LogP contribution in [-0.2, 0) is 4.79 Å². The minimum Gasteiger partial charge on any atom is -0.497 e. The maximum atomic E-state index is 12.0. The van der Waals surface area contributed by atoms with E-state index in [0.717, 1.165) is 18.7 Å². The number of benzene rings is 1. The zero-order valence-corrected chi connectivity index (χ0v) is 13.5. The first-order chi connectivity index (χ1) is 10.7. The van der Waals surface area contributed by atoms with Crippen molar-refractivity contribution in [1.82, 2.24) is 10.2 Å². The fraction of sp³-hybridized carbons (Fsp3) is 0.588. The van der Waals surface area contributed by atoms with Gasteiger partial charge in [0.05, 0.1) is 7.11 Å². The van der Waals surface area contributed by atoms with Crippen LogP contribution in [0.25, 0.3) is 0 Å². The normalized spacial score (nSPS) is 16.3. The molecule has 5 nitrogen and oxygen atoms in total. The molecule has 1 saturated heterocycles. The highest BCUT2D eigenvalue weighted by molar-refractivity contribution is 5.80. The fourth-order valence-corrected chi connectivity index (χ4v) is 2.60. The number of methoxy groups -OCH3 is 1. The molecule has 0 aliphatic carbocycles. The number of amides is 1. The Hall–Kier alpha value is -1.75. The van der Waals surface area contributed by atoms with Crippen LogP contribution in [0.2, 0.25) is 0 Å². The average Bonchev–Trinajstić information content (AvgIpc) is 3.04. The summed E-state index contributed by atoms with van der Waals surface area (Å²) >= 11 is 0. The van der Waals surface area contributed by atoms with Crippen molar-refractivity contribution < 1.29 is 14.3 Å². The standard InChI is InChI=1S/C17H26N2O3/c1-14(22-16-8-5-7-15(13-16)21-2)17(20)18-9-6-12-19-10-3-4-11-19/h5,7-8,13-14H,3-4,6,9-12H2,1-2H3,(H,18,20)/t14-/m0/s1. The number of likely N-dealkylation sites (tertiary alicyclic amines) is 1. The van der Waals surface area contributed by atoms with Crippen LogP contribution in [0.1, 0.15) is 26.2 Å². The summed E-state index contributed by atoms with van der Waals surface area (Å²) in [6.45, 7) is 5.91. The molecule has 1 atom stereocenters. The molecule has 1 aliphatic heterocycles. The molecular weight excluding hydrogens is 280 g/mol. The predicted molar refractivity (Wildman–Crippen MR) is 86.4 cm³/mol. The Morgan fingerprint density at radius 3 is 2.77 bits per heavy atom. The van der Waals surface area contributed by atoms with Crippen LogP contribution in [0.3, 0.4) is 0 Å². The van der Waals surface area contributed by atoms with Gasteiger partial charge in [-0.3, -0.25) is 4.79 Å². The molecule has 1 N–H and O–H groups in total. The molecule has 22 heavy (non-hydrogen) atoms. The number of hydrogen-bond acceptors (Lipinski definition) is 4. The van der Waals surface area contributed by atoms with Gasteiger partial charge in [-0.2, -0.15) is 0 Å². The van der Waals surface area contributed by atoms with E-state index in [0.29, 0.717) is 12.3 Å². The summed E-state index contributed by atoms with van der Waals surface area (Å²) < 4.78 is 10.8. The molecule has 2 rings (SSSR count). The van der Waals surface area contributed by atoms with Gasteiger partial charge in [-0.05, 0) is 58.0 Å². The van der Waals surface area contributed by atoms with Crippen LogP contribution >= 0.6 is 0 Å². The SMILES string of the molecule is COc1cccc(O[C@@H](C)C(=O)NCCCN2CCCC2)c1. The molecule has 1 fully saturated rings. The predicted octanol–water partition coefficient (Wildman–Crippen LogP) is 2.06. The maximum absolute atomic E-state index is 12.0. The van der Waals surface area contributed by atoms with E-state index in [-0.39, 0.29) is 5.91 Å². The van der Waals surface area contributed by atoms with Gasteiger partial charge < -0.3 is 19.7 Å². The number of rotatable bonds is 8. The number of ether oxygens (including phenoxy) is 2. The van der Waals surface area contributed by atoms with Crippen LogP contribution in [0.5, 0.6) is 11.5 Å². The monoisotopic (exact) mass is 306 g/mol. The van der Waals surface area contributed by atoms with Gasteiger partial charge in [0.25, 0.3) is 5.91 Å². The Bertz CT molecular complexity index is 473. The van der Waals surface area contributed by atoms with Crippen molar-refractivity contribution in [3.05, 3.63) is 24.3 Å². The highest BCUT2D eigenvalue weighted by Crippen LogP contribution is 2.19. The van der Waals surface area contributed by atoms with Crippen molar-refractivity contribution in [3.8, 4) is 11.5 Å². The zero-order valence-electron chi connectivity index (χ0n) is 13.5. The quantitative estimate of drug-likeness (QED) is 0.747. The molecule has 0 spiro atoms. The minimum atomic E-state index is -0.515. The number of nitrogens with one attached hydrogen (secondary N) is 1. The van der Waals surface area contributed by atoms with Crippen LogP contribution in [0, 0.1) is 0 Å². The summed E-state index contributed by atoms with van der Waals surface area (Å²) in [5.74, 6) is 1.28. The van der Waals surface area contributed by atoms with E-state index in [4.69, 9.17) is 9.47 Å². The van der Waals surface area contributed by atoms with Crippen LogP contribution in [0.15, 0.2) is 24.3 Å². The van der Waals surface area contributed by atoms with Crippen LogP contribution in [-0.4, -0.2) is 50.2 Å². The number of carbonyl (C=O) groups is 1. The van der Waals surface area contributed by atoms with Crippen molar-refractivity contribution in [2.75, 3.05) is 33.3 Å². The fourth-order valence-electron chi connectivity index (χ4n) is 2.60. The van der Waals surface area contributed by atoms with Gasteiger partial charge >= 0.3 is 0 Å². The first-order valence-corrected chi connectivity index (χ1v) is 8.00. The Morgan fingerprint density at radius 1 is 1.32 bits per heavy atom. The molecule has 1 aromatic carbocycles. The molecule has 0 unspecified atom stereocenters. The van der Waals surface area contributed by atoms with Gasteiger partial charge in [0.2, 0.25) is 0 Å². The van der Waals surface area contributed by atoms with Crippen molar-refractivity contribution in [2.24, 2.45) is 0 Å². The van der Waals surface area contributed by atoms with Gasteiger partial charge in [0.15, 0.2) is 6.10 Å². The van der Waals surface area contributed by atoms with Crippen molar-refractivity contribution in [1.29, 1.82) is 0 Å². The molecule has 0 aromatic heterocycles. The third kappa shape index (κ3) is 5.22. The summed E-state index contributed by atoms with van der Waals surface area (Å²) in [4.78, 5) is 14.5. The summed E-state index contributed by atoms with van der Waals surface area (Å²) in [6, 6.07) is 7.28. The Kier molecular flexibility index (Phi) is 6.52. The van der Waals surface area contributed by atoms with Gasteiger partial charge in [-0.15, -0.1) is 0 Å². The summed E-state index contributed by atoms with van der Waals surface area (Å²) in [5.41, 5.74) is 0. The van der Waals surface area contributed by atoms with E-state index in [1.54, 1.807) is 20.1 Å². The average molecular weight is 306 g/mol. The van der Waals surface area contributed by atoms with E-state index in [1.165, 1.54) is 25.9 Å². The molecule has 1 amide bonds. The second-order valence-electron chi connectivity index (χ2n) is 5.63. The first kappa shape index (κ1) is 16.6. The van der Waals surface area contributed by atoms with Gasteiger partial charge in [-0.25, -0.2) is 0 Å². The van der Waals surface area contributed by atoms with Gasteiger partial charge in [0, 0.05) is 12.6 Å². The van der Waals surface area contributed by atoms with Crippen molar-refractivity contribution >= 4 is 5.91 Å². The summed E-state index contributed by atoms with van der Waals surface area (Å²) in [6.07, 6.45) is 3.08. The van der Waals surface area contributed by atoms with Crippen molar-refractivity contribution in [3.63, 3.8) is 0 Å². The Morgan fingerprint density at radius 2 is 2.05 bits per heavy atom. The summed E-state index contributed by atoms with van der Waals surface area (Å²) in [5, 5.41) is 2.93. The zero-order chi connectivity index (χ0) is 15.8. The highest BCUT2D eigenvalue weighted by Gasteiger charge is 2.15. The Balaban J connectivity index is 1.67. The van der Waals surface area contributed by atoms with Gasteiger partial charge in [-0.1, -0.05) is 6.07 Å². The second kappa shape index (κ2) is 8.63. The molecule has 1 aromatic rings. The minimum absolute atomic E-state index is 0.0794. The third-order valence-electron chi connectivity index (χ3n) is 3.87. The van der Waals surface area contributed by atoms with E-state index in [2.05, 4.69) is 10.2 Å². The van der Waals surface area contributed by atoms with Gasteiger partial charge in [0.1, 0.15) is 11.5 Å². The van der Waals surface area contributed by atoms with Crippen LogP contribution in [0.4, 0.5) is 0 Å². The first-order valence-electron chi connectivity index (χ1n) is 8.00. The lowest BCUT2D eigenvalue weighted by Gasteiger charge is -2.17. The van der Waals surface area contributed by atoms with E-state index in [9.17, 15) is 4.79 Å². The topological polar surface area (TPSA) is 50.8 Å². The maximum Gasteiger partial charge on any atom is 0.260 e. The summed E-state index contributed by atoms with van der Waals surface area (Å²) in [7, 11) is 1.61. The molecule has 122 valence electrons. The number of hydrogen-bond donors (Lipinski definition) is 1. The van der Waals surface area contributed by atoms with E-state index in [1.807, 2.05) is 18.2 Å². The lowest BCUT2D eigenvalue weighted by Crippen LogP contribution is -2.37. The molecule has 1 aliphatic rings. The lowest BCUT2D eigenvalue weighted by molar-refractivity contribution is -0.127. The Labute approximate surface area is 132 Å². The van der Waals surface area contributed by atoms with Crippen LogP contribution < -0.4 is 14.8 Å².